The largest absolute Gasteiger partial charge is 0.0622 e. The lowest BCUT2D eigenvalue weighted by Crippen LogP contribution is -1.86. The summed E-state index contributed by atoms with van der Waals surface area (Å²) < 4.78 is 0. The lowest BCUT2D eigenvalue weighted by Gasteiger charge is -2.05. The SMILES string of the molecule is CCc1ccccc1/C=C(/C)c1ccccc1. The lowest BCUT2D eigenvalue weighted by atomic mass is 10.00. The van der Waals surface area contributed by atoms with E-state index in [0.29, 0.717) is 0 Å². The van der Waals surface area contributed by atoms with E-state index in [1.807, 2.05) is 0 Å². The average Bonchev–Trinajstić information content (AvgIpc) is 2.40. The highest BCUT2D eigenvalue weighted by molar-refractivity contribution is 5.80. The molecule has 2 aromatic carbocycles. The van der Waals surface area contributed by atoms with Gasteiger partial charge in [0.1, 0.15) is 0 Å². The van der Waals surface area contributed by atoms with Crippen LogP contribution in [0.25, 0.3) is 11.6 Å². The highest BCUT2D eigenvalue weighted by Gasteiger charge is 1.98. The van der Waals surface area contributed by atoms with E-state index in [-0.39, 0.29) is 0 Å². The van der Waals surface area contributed by atoms with Crippen molar-refractivity contribution >= 4 is 11.6 Å². The zero-order chi connectivity index (χ0) is 12.1. The first-order valence-electron chi connectivity index (χ1n) is 6.13. The van der Waals surface area contributed by atoms with E-state index in [4.69, 9.17) is 0 Å². The van der Waals surface area contributed by atoms with Crippen LogP contribution in [0.1, 0.15) is 30.5 Å². The maximum Gasteiger partial charge on any atom is -0.0222 e. The Morgan fingerprint density at radius 3 is 2.29 bits per heavy atom. The average molecular weight is 222 g/mol. The van der Waals surface area contributed by atoms with Crippen LogP contribution in [0.3, 0.4) is 0 Å². The molecule has 0 fully saturated rings. The van der Waals surface area contributed by atoms with Crippen molar-refractivity contribution in [2.24, 2.45) is 0 Å². The third kappa shape index (κ3) is 2.85. The second kappa shape index (κ2) is 5.49. The van der Waals surface area contributed by atoms with Crippen LogP contribution in [0.4, 0.5) is 0 Å². The first kappa shape index (κ1) is 11.7. The second-order valence-electron chi connectivity index (χ2n) is 4.25. The molecule has 17 heavy (non-hydrogen) atoms. The van der Waals surface area contributed by atoms with Gasteiger partial charge in [-0.25, -0.2) is 0 Å². The summed E-state index contributed by atoms with van der Waals surface area (Å²) in [5.41, 5.74) is 5.34. The smallest absolute Gasteiger partial charge is 0.0222 e. The summed E-state index contributed by atoms with van der Waals surface area (Å²) >= 11 is 0. The van der Waals surface area contributed by atoms with Crippen molar-refractivity contribution in [2.75, 3.05) is 0 Å². The molecule has 0 N–H and O–H groups in total. The minimum Gasteiger partial charge on any atom is -0.0622 e. The quantitative estimate of drug-likeness (QED) is 0.654. The minimum absolute atomic E-state index is 1.08. The summed E-state index contributed by atoms with van der Waals surface area (Å²) in [7, 11) is 0. The van der Waals surface area contributed by atoms with E-state index < -0.39 is 0 Å². The van der Waals surface area contributed by atoms with Crippen LogP contribution in [0.2, 0.25) is 0 Å². The first-order valence-corrected chi connectivity index (χ1v) is 6.13. The minimum atomic E-state index is 1.08. The molecule has 0 heteroatoms. The fourth-order valence-corrected chi connectivity index (χ4v) is 2.01. The summed E-state index contributed by atoms with van der Waals surface area (Å²) in [6, 6.07) is 19.1. The van der Waals surface area contributed by atoms with E-state index >= 15 is 0 Å². The molecule has 0 unspecified atom stereocenters. The predicted molar refractivity (Wildman–Crippen MR) is 75.8 cm³/mol. The molecule has 0 amide bonds. The number of hydrogen-bond acceptors (Lipinski definition) is 0. The van der Waals surface area contributed by atoms with Gasteiger partial charge in [-0.3, -0.25) is 0 Å². The van der Waals surface area contributed by atoms with Crippen molar-refractivity contribution in [3.8, 4) is 0 Å². The van der Waals surface area contributed by atoms with Crippen LogP contribution in [0.5, 0.6) is 0 Å². The van der Waals surface area contributed by atoms with Gasteiger partial charge in [-0.2, -0.15) is 0 Å². The van der Waals surface area contributed by atoms with Crippen molar-refractivity contribution in [3.63, 3.8) is 0 Å². The van der Waals surface area contributed by atoms with Crippen molar-refractivity contribution < 1.29 is 0 Å². The molecule has 0 heterocycles. The summed E-state index contributed by atoms with van der Waals surface area (Å²) in [5.74, 6) is 0. The van der Waals surface area contributed by atoms with E-state index in [0.717, 1.165) is 6.42 Å². The molecule has 0 aliphatic rings. The second-order valence-corrected chi connectivity index (χ2v) is 4.25. The fraction of sp³-hybridized carbons (Fsp3) is 0.176. The molecule has 0 aliphatic carbocycles. The van der Waals surface area contributed by atoms with E-state index in [2.05, 4.69) is 74.5 Å². The Balaban J connectivity index is 2.36. The maximum atomic E-state index is 2.27. The lowest BCUT2D eigenvalue weighted by molar-refractivity contribution is 1.13. The summed E-state index contributed by atoms with van der Waals surface area (Å²) in [4.78, 5) is 0. The van der Waals surface area contributed by atoms with Crippen molar-refractivity contribution in [1.82, 2.24) is 0 Å². The molecule has 0 radical (unpaired) electrons. The van der Waals surface area contributed by atoms with Crippen LogP contribution in [-0.2, 0) is 6.42 Å². The summed E-state index contributed by atoms with van der Waals surface area (Å²) in [6.07, 6.45) is 3.35. The molecule has 0 bridgehead atoms. The predicted octanol–water partition coefficient (Wildman–Crippen LogP) is 4.81. The van der Waals surface area contributed by atoms with Crippen molar-refractivity contribution in [3.05, 3.63) is 71.3 Å². The number of allylic oxidation sites excluding steroid dienone is 1. The van der Waals surface area contributed by atoms with Crippen LogP contribution in [-0.4, -0.2) is 0 Å². The monoisotopic (exact) mass is 222 g/mol. The fourth-order valence-electron chi connectivity index (χ4n) is 2.01. The Kier molecular flexibility index (Phi) is 3.77. The highest BCUT2D eigenvalue weighted by Crippen LogP contribution is 2.19. The summed E-state index contributed by atoms with van der Waals surface area (Å²) in [6.45, 7) is 4.37. The van der Waals surface area contributed by atoms with Gasteiger partial charge >= 0.3 is 0 Å². The standard InChI is InChI=1S/C17H18/c1-3-15-9-7-8-12-17(15)13-14(2)16-10-5-4-6-11-16/h4-13H,3H2,1-2H3/b14-13-. The Bertz CT molecular complexity index is 507. The normalized spacial score (nSPS) is 11.5. The molecule has 0 saturated heterocycles. The number of benzene rings is 2. The molecule has 0 spiro atoms. The van der Waals surface area contributed by atoms with Crippen LogP contribution < -0.4 is 0 Å². The highest BCUT2D eigenvalue weighted by atomic mass is 14.0. The van der Waals surface area contributed by atoms with Gasteiger partial charge in [-0.1, -0.05) is 67.6 Å². The van der Waals surface area contributed by atoms with Crippen molar-refractivity contribution in [1.29, 1.82) is 0 Å². The number of aryl methyl sites for hydroxylation is 1. The Morgan fingerprint density at radius 1 is 0.941 bits per heavy atom. The molecular weight excluding hydrogens is 204 g/mol. The van der Waals surface area contributed by atoms with Crippen LogP contribution in [0, 0.1) is 0 Å². The molecule has 2 aromatic rings. The molecule has 0 atom stereocenters. The van der Waals surface area contributed by atoms with Gasteiger partial charge in [-0.05, 0) is 35.6 Å². The maximum absolute atomic E-state index is 2.27. The van der Waals surface area contributed by atoms with E-state index in [9.17, 15) is 0 Å². The van der Waals surface area contributed by atoms with Gasteiger partial charge in [-0.15, -0.1) is 0 Å². The molecule has 0 nitrogen and oxygen atoms in total. The van der Waals surface area contributed by atoms with Gasteiger partial charge in [0.2, 0.25) is 0 Å². The molecule has 2 rings (SSSR count). The first-order chi connectivity index (χ1) is 8.31. The summed E-state index contributed by atoms with van der Waals surface area (Å²) in [5, 5.41) is 0. The number of rotatable bonds is 3. The topological polar surface area (TPSA) is 0 Å². The van der Waals surface area contributed by atoms with Gasteiger partial charge in [0.25, 0.3) is 0 Å². The third-order valence-electron chi connectivity index (χ3n) is 3.04. The van der Waals surface area contributed by atoms with E-state index in [1.165, 1.54) is 22.3 Å². The zero-order valence-electron chi connectivity index (χ0n) is 10.5. The van der Waals surface area contributed by atoms with Gasteiger partial charge in [0, 0.05) is 0 Å². The zero-order valence-corrected chi connectivity index (χ0v) is 10.5. The van der Waals surface area contributed by atoms with Crippen LogP contribution in [0.15, 0.2) is 54.6 Å². The van der Waals surface area contributed by atoms with Gasteiger partial charge in [0.05, 0.1) is 0 Å². The third-order valence-corrected chi connectivity index (χ3v) is 3.04. The Labute approximate surface area is 104 Å². The van der Waals surface area contributed by atoms with Crippen LogP contribution >= 0.6 is 0 Å². The van der Waals surface area contributed by atoms with Crippen molar-refractivity contribution in [2.45, 2.75) is 20.3 Å². The van der Waals surface area contributed by atoms with E-state index in [1.54, 1.807) is 0 Å². The number of hydrogen-bond donors (Lipinski definition) is 0. The van der Waals surface area contributed by atoms with Gasteiger partial charge < -0.3 is 0 Å². The Morgan fingerprint density at radius 2 is 1.59 bits per heavy atom. The Hall–Kier alpha value is -1.82. The molecule has 0 saturated carbocycles. The molecule has 86 valence electrons. The molecule has 0 aromatic heterocycles. The molecular formula is C17H18. The van der Waals surface area contributed by atoms with Gasteiger partial charge in [0.15, 0.2) is 0 Å². The molecule has 0 aliphatic heterocycles.